The monoisotopic (exact) mass is 782 g/mol. The van der Waals surface area contributed by atoms with Crippen LogP contribution in [0.25, 0.3) is 0 Å². The zero-order chi connectivity index (χ0) is 40.9. The first-order valence-electron chi connectivity index (χ1n) is 20.4. The predicted octanol–water partition coefficient (Wildman–Crippen LogP) is 8.86. The molecule has 0 amide bonds. The van der Waals surface area contributed by atoms with Gasteiger partial charge < -0.3 is 23.1 Å². The molecule has 5 nitrogen and oxygen atoms in total. The van der Waals surface area contributed by atoms with E-state index in [0.717, 1.165) is 43.7 Å². The summed E-state index contributed by atoms with van der Waals surface area (Å²) >= 11 is 0. The Morgan fingerprint density at radius 2 is 0.545 bits per heavy atom. The molecule has 0 radical (unpaired) electrons. The average molecular weight is 783 g/mol. The fourth-order valence-electron chi connectivity index (χ4n) is 6.76. The molecule has 0 saturated carbocycles. The lowest BCUT2D eigenvalue weighted by molar-refractivity contribution is 0.339. The quantitative estimate of drug-likeness (QED) is 0.120. The van der Waals surface area contributed by atoms with E-state index in [-0.39, 0.29) is 21.7 Å². The van der Waals surface area contributed by atoms with Crippen LogP contribution in [0.15, 0.2) is 72.8 Å². The van der Waals surface area contributed by atoms with Gasteiger partial charge in [-0.15, -0.1) is 0 Å². The molecule has 0 aromatic heterocycles. The minimum Gasteiger partial charge on any atom is -0.494 e. The van der Waals surface area contributed by atoms with Crippen molar-refractivity contribution in [1.29, 1.82) is 0 Å². The Balaban J connectivity index is 2.14. The van der Waals surface area contributed by atoms with Gasteiger partial charge in [-0.3, -0.25) is 0 Å². The fourth-order valence-corrected chi connectivity index (χ4v) is 13.6. The van der Waals surface area contributed by atoms with E-state index in [1.807, 2.05) is 0 Å². The van der Waals surface area contributed by atoms with E-state index in [9.17, 15) is 0 Å². The summed E-state index contributed by atoms with van der Waals surface area (Å²) in [7, 11) is -5.22. The van der Waals surface area contributed by atoms with Crippen LogP contribution in [0.3, 0.4) is 0 Å². The van der Waals surface area contributed by atoms with Crippen LogP contribution >= 0.6 is 0 Å². The van der Waals surface area contributed by atoms with Gasteiger partial charge in [0.2, 0.25) is 18.1 Å². The highest BCUT2D eigenvalue weighted by Crippen LogP contribution is 2.31. The third kappa shape index (κ3) is 10.9. The molecule has 0 spiro atoms. The lowest BCUT2D eigenvalue weighted by Gasteiger charge is -2.31. The minimum atomic E-state index is -2.61. The van der Waals surface area contributed by atoms with Gasteiger partial charge in [0, 0.05) is 20.7 Å². The first-order chi connectivity index (χ1) is 25.6. The van der Waals surface area contributed by atoms with Crippen LogP contribution in [0, 0.1) is 0 Å². The van der Waals surface area contributed by atoms with Crippen molar-refractivity contribution in [3.05, 3.63) is 95.1 Å². The fraction of sp³-hybridized carbons (Fsp3) is 0.500. The lowest BCUT2D eigenvalue weighted by atomic mass is 9.87. The van der Waals surface area contributed by atoms with Crippen molar-refractivity contribution >= 4 is 38.8 Å². The number of hydrogen-bond acceptors (Lipinski definition) is 5. The molecule has 4 rings (SSSR count). The van der Waals surface area contributed by atoms with Gasteiger partial charge >= 0.3 is 0 Å². The number of hydrogen-bond donors (Lipinski definition) is 0. The maximum absolute atomic E-state index is 8.00. The molecule has 55 heavy (non-hydrogen) atoms. The highest BCUT2D eigenvalue weighted by atomic mass is 28.4. The summed E-state index contributed by atoms with van der Waals surface area (Å²) in [5.74, 6) is 3.51. The van der Waals surface area contributed by atoms with E-state index < -0.39 is 18.1 Å². The third-order valence-electron chi connectivity index (χ3n) is 10.1. The number of benzene rings is 4. The standard InChI is InChI=1S/C48H70O5Si2/c1-17-49-37-29-33(45(5,6)7)21-25-41(37)54(42-26-22-34(46(8,9)10)30-38(42)50-18-2)53-55(43-27-23-35(47(11,12)13)31-39(43)51-19-3)44-28-24-36(48(14,15)16)32-40(44)52-20-4/h21-32,54-55H,17-20H2,1-16H3. The maximum Gasteiger partial charge on any atom is 0.236 e. The summed E-state index contributed by atoms with van der Waals surface area (Å²) in [6, 6.07) is 27.0. The van der Waals surface area contributed by atoms with Crippen LogP contribution in [-0.4, -0.2) is 44.5 Å². The average Bonchev–Trinajstić information content (AvgIpc) is 3.08. The largest absolute Gasteiger partial charge is 0.494 e. The second kappa shape index (κ2) is 17.7. The van der Waals surface area contributed by atoms with Gasteiger partial charge in [-0.25, -0.2) is 0 Å². The molecule has 300 valence electrons. The van der Waals surface area contributed by atoms with Crippen LogP contribution in [0.4, 0.5) is 0 Å². The van der Waals surface area contributed by atoms with Crippen molar-refractivity contribution < 1.29 is 23.1 Å². The molecule has 0 heterocycles. The van der Waals surface area contributed by atoms with E-state index in [1.165, 1.54) is 22.3 Å². The smallest absolute Gasteiger partial charge is 0.236 e. The molecule has 0 atom stereocenters. The molecule has 4 aromatic rings. The topological polar surface area (TPSA) is 46.2 Å². The summed E-state index contributed by atoms with van der Waals surface area (Å²) in [4.78, 5) is 0. The molecule has 0 bridgehead atoms. The zero-order valence-corrected chi connectivity index (χ0v) is 39.3. The van der Waals surface area contributed by atoms with Crippen LogP contribution in [0.1, 0.15) is 133 Å². The van der Waals surface area contributed by atoms with Crippen LogP contribution in [-0.2, 0) is 25.8 Å². The molecule has 0 aliphatic heterocycles. The number of rotatable bonds is 14. The van der Waals surface area contributed by atoms with Gasteiger partial charge in [0.15, 0.2) is 0 Å². The molecular weight excluding hydrogens is 713 g/mol. The summed E-state index contributed by atoms with van der Waals surface area (Å²) in [6.07, 6.45) is 0. The maximum atomic E-state index is 8.00. The van der Waals surface area contributed by atoms with Crippen LogP contribution < -0.4 is 39.7 Å². The van der Waals surface area contributed by atoms with Crippen molar-refractivity contribution in [2.75, 3.05) is 26.4 Å². The van der Waals surface area contributed by atoms with Gasteiger partial charge in [0.25, 0.3) is 0 Å². The molecule has 0 N–H and O–H groups in total. The second-order valence-corrected chi connectivity index (χ2v) is 23.7. The van der Waals surface area contributed by atoms with Gasteiger partial charge in [0.05, 0.1) is 26.4 Å². The van der Waals surface area contributed by atoms with Gasteiger partial charge in [-0.1, -0.05) is 132 Å². The molecular formula is C48H70O5Si2. The molecule has 4 aromatic carbocycles. The summed E-state index contributed by atoms with van der Waals surface area (Å²) in [5.41, 5.74) is 4.70. The van der Waals surface area contributed by atoms with Crippen molar-refractivity contribution in [3.8, 4) is 23.0 Å². The first kappa shape index (κ1) is 44.2. The summed E-state index contributed by atoms with van der Waals surface area (Å²) < 4.78 is 34.2. The lowest BCUT2D eigenvalue weighted by Crippen LogP contribution is -2.57. The molecule has 0 fully saturated rings. The Labute approximate surface area is 337 Å². The SMILES string of the molecule is CCOc1cc(C(C)(C)C)ccc1[SiH](O[SiH](c1ccc(C(C)(C)C)cc1OCC)c1ccc(C(C)(C)C)cc1OCC)c1ccc(C(C)(C)C)cc1OCC. The van der Waals surface area contributed by atoms with Crippen molar-refractivity contribution in [2.24, 2.45) is 0 Å². The predicted molar refractivity (Wildman–Crippen MR) is 239 cm³/mol. The Kier molecular flexibility index (Phi) is 14.2. The van der Waals surface area contributed by atoms with E-state index in [1.54, 1.807) is 0 Å². The van der Waals surface area contributed by atoms with E-state index >= 15 is 0 Å². The Bertz CT molecular complexity index is 1620. The molecule has 0 unspecified atom stereocenters. The van der Waals surface area contributed by atoms with Gasteiger partial charge in [-0.05, 0) is 95.9 Å². The van der Waals surface area contributed by atoms with Gasteiger partial charge in [-0.2, -0.15) is 0 Å². The Morgan fingerprint density at radius 1 is 0.345 bits per heavy atom. The van der Waals surface area contributed by atoms with Gasteiger partial charge in [0.1, 0.15) is 23.0 Å². The Morgan fingerprint density at radius 3 is 0.709 bits per heavy atom. The molecule has 0 saturated heterocycles. The van der Waals surface area contributed by atoms with E-state index in [0.29, 0.717) is 26.4 Å². The van der Waals surface area contributed by atoms with Crippen LogP contribution in [0.2, 0.25) is 0 Å². The van der Waals surface area contributed by atoms with Crippen molar-refractivity contribution in [1.82, 2.24) is 0 Å². The van der Waals surface area contributed by atoms with Crippen LogP contribution in [0.5, 0.6) is 23.0 Å². The zero-order valence-electron chi connectivity index (χ0n) is 37.0. The third-order valence-corrected chi connectivity index (χ3v) is 16.5. The summed E-state index contributed by atoms with van der Waals surface area (Å²) in [5, 5.41) is 4.41. The molecule has 7 heteroatoms. The highest BCUT2D eigenvalue weighted by molar-refractivity contribution is 6.93. The van der Waals surface area contributed by atoms with Crippen molar-refractivity contribution in [3.63, 3.8) is 0 Å². The summed E-state index contributed by atoms with van der Waals surface area (Å²) in [6.45, 7) is 37.4. The second-order valence-electron chi connectivity index (χ2n) is 18.6. The highest BCUT2D eigenvalue weighted by Gasteiger charge is 2.36. The Hall–Kier alpha value is -3.53. The normalized spacial score (nSPS) is 12.7. The van der Waals surface area contributed by atoms with Crippen molar-refractivity contribution in [2.45, 2.75) is 132 Å². The minimum absolute atomic E-state index is 0.0488. The van der Waals surface area contributed by atoms with E-state index in [4.69, 9.17) is 23.1 Å². The molecule has 0 aliphatic carbocycles. The first-order valence-corrected chi connectivity index (χ1v) is 23.6. The number of ether oxygens (including phenoxy) is 4. The van der Waals surface area contributed by atoms with E-state index in [2.05, 4.69) is 184 Å². The molecule has 0 aliphatic rings.